The lowest BCUT2D eigenvalue weighted by Crippen LogP contribution is -2.32. The highest BCUT2D eigenvalue weighted by molar-refractivity contribution is 7.07. The molecule has 1 amide bonds. The number of para-hydroxylation sites is 1. The lowest BCUT2D eigenvalue weighted by atomic mass is 10.3. The van der Waals surface area contributed by atoms with Gasteiger partial charge in [-0.15, -0.1) is 11.3 Å². The molecule has 0 saturated heterocycles. The Bertz CT molecular complexity index is 980. The number of amides is 1. The van der Waals surface area contributed by atoms with E-state index in [1.807, 2.05) is 0 Å². The first-order valence-electron chi connectivity index (χ1n) is 6.30. The molecular formula is C15H11N3O4S. The molecule has 8 heteroatoms. The first-order valence-corrected chi connectivity index (χ1v) is 7.12. The molecular weight excluding hydrogens is 318 g/mol. The molecule has 23 heavy (non-hydrogen) atoms. The van der Waals surface area contributed by atoms with Crippen LogP contribution in [0.15, 0.2) is 35.1 Å². The highest BCUT2D eigenvalue weighted by atomic mass is 32.1. The third-order valence-electron chi connectivity index (χ3n) is 2.86. The largest absolute Gasteiger partial charge is 0.466 e. The number of carbonyl (C=O) groups excluding carboxylic acids is 2. The Balaban J connectivity index is 2.99. The highest BCUT2D eigenvalue weighted by Crippen LogP contribution is 2.02. The summed E-state index contributed by atoms with van der Waals surface area (Å²) >= 11 is 0.819. The number of hydrogen-bond acceptors (Lipinski definition) is 6. The third-order valence-corrected chi connectivity index (χ3v) is 3.95. The van der Waals surface area contributed by atoms with Crippen molar-refractivity contribution in [1.82, 2.24) is 4.57 Å². The van der Waals surface area contributed by atoms with Gasteiger partial charge in [0.1, 0.15) is 15.3 Å². The van der Waals surface area contributed by atoms with Crippen molar-refractivity contribution in [3.05, 3.63) is 49.9 Å². The highest BCUT2D eigenvalue weighted by Gasteiger charge is 2.15. The van der Waals surface area contributed by atoms with Gasteiger partial charge in [-0.3, -0.25) is 14.2 Å². The van der Waals surface area contributed by atoms with E-state index >= 15 is 0 Å². The fraction of sp³-hybridized carbons (Fsp3) is 0.0667. The monoisotopic (exact) mass is 329 g/mol. The van der Waals surface area contributed by atoms with Crippen LogP contribution in [0.5, 0.6) is 0 Å². The molecule has 0 aliphatic rings. The van der Waals surface area contributed by atoms with E-state index in [-0.39, 0.29) is 14.8 Å². The number of benzene rings is 1. The normalized spacial score (nSPS) is 12.4. The molecule has 1 heterocycles. The molecule has 1 aromatic heterocycles. The predicted molar refractivity (Wildman–Crippen MR) is 83.9 cm³/mol. The Morgan fingerprint density at radius 3 is 2.52 bits per heavy atom. The van der Waals surface area contributed by atoms with Crippen molar-refractivity contribution in [2.45, 2.75) is 0 Å². The number of nitrogens with two attached hydrogens (primary N) is 1. The van der Waals surface area contributed by atoms with Crippen LogP contribution in [0, 0.1) is 11.3 Å². The Kier molecular flexibility index (Phi) is 4.73. The summed E-state index contributed by atoms with van der Waals surface area (Å²) in [6.07, 6.45) is 1.01. The lowest BCUT2D eigenvalue weighted by Gasteiger charge is -2.01. The van der Waals surface area contributed by atoms with E-state index in [0.717, 1.165) is 17.4 Å². The van der Waals surface area contributed by atoms with Crippen LogP contribution >= 0.6 is 11.3 Å². The van der Waals surface area contributed by atoms with Gasteiger partial charge in [0.05, 0.1) is 12.8 Å². The van der Waals surface area contributed by atoms with Crippen molar-refractivity contribution in [2.75, 3.05) is 7.11 Å². The molecule has 2 N–H and O–H groups in total. The number of carbonyl (C=O) groups is 2. The van der Waals surface area contributed by atoms with Crippen LogP contribution in [0.4, 0.5) is 0 Å². The zero-order valence-corrected chi connectivity index (χ0v) is 12.8. The minimum absolute atomic E-state index is 0.0321. The Labute approximate surface area is 134 Å². The first-order chi connectivity index (χ1) is 11.0. The smallest absolute Gasteiger partial charge is 0.332 e. The second-order valence-electron chi connectivity index (χ2n) is 4.27. The summed E-state index contributed by atoms with van der Waals surface area (Å²) in [6.45, 7) is 0. The minimum atomic E-state index is -0.956. The summed E-state index contributed by atoms with van der Waals surface area (Å²) in [5.41, 5.74) is 4.74. The third kappa shape index (κ3) is 3.20. The molecule has 0 bridgehead atoms. The van der Waals surface area contributed by atoms with Crippen LogP contribution in [0.3, 0.4) is 0 Å². The fourth-order valence-corrected chi connectivity index (χ4v) is 2.91. The van der Waals surface area contributed by atoms with Crippen molar-refractivity contribution in [3.63, 3.8) is 0 Å². The fourth-order valence-electron chi connectivity index (χ4n) is 1.84. The maximum absolute atomic E-state index is 12.5. The van der Waals surface area contributed by atoms with Gasteiger partial charge in [0.25, 0.3) is 11.5 Å². The van der Waals surface area contributed by atoms with E-state index in [9.17, 15) is 14.4 Å². The number of esters is 1. The van der Waals surface area contributed by atoms with Gasteiger partial charge in [-0.2, -0.15) is 5.26 Å². The van der Waals surface area contributed by atoms with Crippen LogP contribution in [0.25, 0.3) is 17.3 Å². The molecule has 0 atom stereocenters. The van der Waals surface area contributed by atoms with Crippen molar-refractivity contribution in [2.24, 2.45) is 5.73 Å². The Morgan fingerprint density at radius 2 is 2.00 bits per heavy atom. The standard InChI is InChI=1S/C15H11N3O4S/c1-22-12(19)7-11-14(21)18(9-5-3-2-4-6-9)15(23-11)10(8-16)13(17)20/h2-7H,1H3,(H2,17,20)/b11-7-,15-10+. The van der Waals surface area contributed by atoms with Crippen molar-refractivity contribution in [1.29, 1.82) is 5.26 Å². The number of nitriles is 1. The average Bonchev–Trinajstić information content (AvgIpc) is 2.85. The van der Waals surface area contributed by atoms with Gasteiger partial charge in [-0.05, 0) is 12.1 Å². The number of methoxy groups -OCH3 is 1. The number of aromatic nitrogens is 1. The molecule has 1 aromatic carbocycles. The van der Waals surface area contributed by atoms with E-state index in [2.05, 4.69) is 4.74 Å². The van der Waals surface area contributed by atoms with Gasteiger partial charge in [-0.25, -0.2) is 4.79 Å². The van der Waals surface area contributed by atoms with Crippen molar-refractivity contribution < 1.29 is 14.3 Å². The van der Waals surface area contributed by atoms with Crippen LogP contribution in [-0.4, -0.2) is 23.6 Å². The van der Waals surface area contributed by atoms with Crippen LogP contribution < -0.4 is 20.5 Å². The molecule has 0 saturated carbocycles. The van der Waals surface area contributed by atoms with Gasteiger partial charge >= 0.3 is 5.97 Å². The Hall–Kier alpha value is -3.18. The maximum atomic E-state index is 12.5. The predicted octanol–water partition coefficient (Wildman–Crippen LogP) is -0.988. The molecule has 2 aromatic rings. The molecule has 0 fully saturated rings. The second-order valence-corrected chi connectivity index (χ2v) is 5.30. The molecule has 0 unspecified atom stereocenters. The minimum Gasteiger partial charge on any atom is -0.466 e. The zero-order chi connectivity index (χ0) is 17.0. The molecule has 0 spiro atoms. The second kappa shape index (κ2) is 6.72. The average molecular weight is 329 g/mol. The molecule has 0 aliphatic heterocycles. The van der Waals surface area contributed by atoms with Crippen molar-refractivity contribution >= 4 is 34.9 Å². The number of hydrogen-bond donors (Lipinski definition) is 1. The summed E-state index contributed by atoms with van der Waals surface area (Å²) in [5.74, 6) is -1.67. The van der Waals surface area contributed by atoms with E-state index < -0.39 is 17.4 Å². The summed E-state index contributed by atoms with van der Waals surface area (Å²) in [6, 6.07) is 10.1. The van der Waals surface area contributed by atoms with Gasteiger partial charge in [-0.1, -0.05) is 18.2 Å². The van der Waals surface area contributed by atoms with Crippen LogP contribution in [0.1, 0.15) is 0 Å². The molecule has 2 rings (SSSR count). The van der Waals surface area contributed by atoms with E-state index in [0.29, 0.717) is 5.69 Å². The van der Waals surface area contributed by atoms with Gasteiger partial charge in [0.15, 0.2) is 5.57 Å². The topological polar surface area (TPSA) is 115 Å². The van der Waals surface area contributed by atoms with Crippen molar-refractivity contribution in [3.8, 4) is 11.8 Å². The summed E-state index contributed by atoms with van der Waals surface area (Å²) in [4.78, 5) is 35.4. The molecule has 7 nitrogen and oxygen atoms in total. The van der Waals surface area contributed by atoms with E-state index in [1.54, 1.807) is 36.4 Å². The Morgan fingerprint density at radius 1 is 1.35 bits per heavy atom. The quantitative estimate of drug-likeness (QED) is 0.726. The van der Waals surface area contributed by atoms with Crippen LogP contribution in [-0.2, 0) is 14.3 Å². The zero-order valence-electron chi connectivity index (χ0n) is 12.0. The van der Waals surface area contributed by atoms with E-state index in [4.69, 9.17) is 11.0 Å². The molecule has 0 aliphatic carbocycles. The summed E-state index contributed by atoms with van der Waals surface area (Å²) in [7, 11) is 1.18. The summed E-state index contributed by atoms with van der Waals surface area (Å²) < 4.78 is 5.76. The van der Waals surface area contributed by atoms with E-state index in [1.165, 1.54) is 11.7 Å². The maximum Gasteiger partial charge on any atom is 0.332 e. The molecule has 116 valence electrons. The van der Waals surface area contributed by atoms with Gasteiger partial charge in [0, 0.05) is 6.08 Å². The number of nitrogens with zero attached hydrogens (tertiary/aromatic N) is 2. The SMILES string of the molecule is COC(=O)/C=c1\s/c(=C(\C#N)C(N)=O)n(-c2ccccc2)c1=O. The number of primary amides is 1. The number of rotatable bonds is 3. The van der Waals surface area contributed by atoms with Crippen LogP contribution in [0.2, 0.25) is 0 Å². The van der Waals surface area contributed by atoms with Gasteiger partial charge in [0.2, 0.25) is 0 Å². The van der Waals surface area contributed by atoms with Gasteiger partial charge < -0.3 is 10.5 Å². The first kappa shape index (κ1) is 16.2. The number of ether oxygens (including phenoxy) is 1. The summed E-state index contributed by atoms with van der Waals surface area (Å²) in [5, 5.41) is 9.15. The lowest BCUT2D eigenvalue weighted by molar-refractivity contribution is -0.133. The molecule has 0 radical (unpaired) electrons. The number of thiazole rings is 1.